The zero-order valence-corrected chi connectivity index (χ0v) is 15.7. The molecule has 2 aliphatic heterocycles. The van der Waals surface area contributed by atoms with Gasteiger partial charge in [-0.1, -0.05) is 0 Å². The number of hydrogen-bond acceptors (Lipinski definition) is 5. The van der Waals surface area contributed by atoms with Gasteiger partial charge in [-0.3, -0.25) is 4.79 Å². The monoisotopic (exact) mass is 370 g/mol. The van der Waals surface area contributed by atoms with Crippen LogP contribution >= 0.6 is 12.4 Å². The molecule has 1 fully saturated rings. The number of amides is 1. The van der Waals surface area contributed by atoms with Gasteiger partial charge >= 0.3 is 0 Å². The van der Waals surface area contributed by atoms with Crippen molar-refractivity contribution >= 4 is 18.3 Å². The van der Waals surface area contributed by atoms with Gasteiger partial charge in [0.05, 0.1) is 19.8 Å². The Labute approximate surface area is 155 Å². The van der Waals surface area contributed by atoms with Crippen LogP contribution in [-0.4, -0.2) is 56.4 Å². The molecule has 0 bridgehead atoms. The number of benzene rings is 1. The SMILES string of the molecule is CCOc1cc2c(cc1OCC)CN(C(=O)C1CNCCO1)CC2.Cl. The molecule has 1 N–H and O–H groups in total. The zero-order chi connectivity index (χ0) is 16.9. The third-order valence-electron chi connectivity index (χ3n) is 4.39. The van der Waals surface area contributed by atoms with Crippen LogP contribution in [0.4, 0.5) is 0 Å². The number of rotatable bonds is 5. The molecule has 7 heteroatoms. The Morgan fingerprint density at radius 3 is 2.52 bits per heavy atom. The molecule has 2 aliphatic rings. The van der Waals surface area contributed by atoms with E-state index in [0.29, 0.717) is 39.5 Å². The average molecular weight is 371 g/mol. The first-order valence-corrected chi connectivity index (χ1v) is 8.75. The summed E-state index contributed by atoms with van der Waals surface area (Å²) in [6, 6.07) is 4.08. The van der Waals surface area contributed by atoms with Crippen molar-refractivity contribution in [1.29, 1.82) is 0 Å². The number of fused-ring (bicyclic) bond motifs is 1. The molecule has 0 aliphatic carbocycles. The van der Waals surface area contributed by atoms with Crippen LogP contribution in [0.3, 0.4) is 0 Å². The summed E-state index contributed by atoms with van der Waals surface area (Å²) < 4.78 is 17.0. The summed E-state index contributed by atoms with van der Waals surface area (Å²) in [5.41, 5.74) is 2.36. The van der Waals surface area contributed by atoms with Gasteiger partial charge in [0.2, 0.25) is 0 Å². The summed E-state index contributed by atoms with van der Waals surface area (Å²) >= 11 is 0. The van der Waals surface area contributed by atoms with Gasteiger partial charge < -0.3 is 24.4 Å². The third kappa shape index (κ3) is 4.57. The smallest absolute Gasteiger partial charge is 0.253 e. The number of halogens is 1. The molecular weight excluding hydrogens is 344 g/mol. The van der Waals surface area contributed by atoms with Gasteiger partial charge in [-0.2, -0.15) is 0 Å². The van der Waals surface area contributed by atoms with Crippen LogP contribution in [0, 0.1) is 0 Å². The Bertz CT molecular complexity index is 591. The van der Waals surface area contributed by atoms with Crippen LogP contribution in [0.1, 0.15) is 25.0 Å². The summed E-state index contributed by atoms with van der Waals surface area (Å²) in [4.78, 5) is 14.5. The first-order valence-electron chi connectivity index (χ1n) is 8.75. The van der Waals surface area contributed by atoms with E-state index in [1.807, 2.05) is 24.8 Å². The Kier molecular flexibility index (Phi) is 7.35. The Morgan fingerprint density at radius 2 is 1.92 bits per heavy atom. The first-order chi connectivity index (χ1) is 11.7. The number of morpholine rings is 1. The first kappa shape index (κ1) is 19.8. The summed E-state index contributed by atoms with van der Waals surface area (Å²) in [6.45, 7) is 8.42. The molecule has 2 heterocycles. The maximum atomic E-state index is 12.6. The van der Waals surface area contributed by atoms with Gasteiger partial charge in [0, 0.05) is 26.2 Å². The van der Waals surface area contributed by atoms with Crippen molar-refractivity contribution in [1.82, 2.24) is 10.2 Å². The second-order valence-electron chi connectivity index (χ2n) is 6.01. The highest BCUT2D eigenvalue weighted by molar-refractivity contribution is 5.85. The van der Waals surface area contributed by atoms with E-state index < -0.39 is 0 Å². The second-order valence-corrected chi connectivity index (χ2v) is 6.01. The molecule has 140 valence electrons. The lowest BCUT2D eigenvalue weighted by molar-refractivity contribution is -0.146. The van der Waals surface area contributed by atoms with Gasteiger partial charge in [-0.05, 0) is 43.5 Å². The number of hydrogen-bond donors (Lipinski definition) is 1. The van der Waals surface area contributed by atoms with Crippen molar-refractivity contribution < 1.29 is 19.0 Å². The van der Waals surface area contributed by atoms with Crippen molar-refractivity contribution in [3.63, 3.8) is 0 Å². The highest BCUT2D eigenvalue weighted by Crippen LogP contribution is 2.34. The van der Waals surface area contributed by atoms with Crippen molar-refractivity contribution in [2.24, 2.45) is 0 Å². The summed E-state index contributed by atoms with van der Waals surface area (Å²) in [5, 5.41) is 3.21. The van der Waals surface area contributed by atoms with E-state index in [1.165, 1.54) is 5.56 Å². The summed E-state index contributed by atoms with van der Waals surface area (Å²) in [6.07, 6.45) is 0.461. The Hall–Kier alpha value is -1.50. The maximum Gasteiger partial charge on any atom is 0.253 e. The normalized spacial score (nSPS) is 19.6. The molecule has 1 atom stereocenters. The number of carbonyl (C=O) groups excluding carboxylic acids is 1. The predicted molar refractivity (Wildman–Crippen MR) is 97.8 cm³/mol. The van der Waals surface area contributed by atoms with Gasteiger partial charge in [0.25, 0.3) is 5.91 Å². The molecule has 1 amide bonds. The van der Waals surface area contributed by atoms with Crippen LogP contribution in [-0.2, 0) is 22.5 Å². The van der Waals surface area contributed by atoms with Crippen LogP contribution in [0.15, 0.2) is 12.1 Å². The lowest BCUT2D eigenvalue weighted by Gasteiger charge is -2.33. The highest BCUT2D eigenvalue weighted by Gasteiger charge is 2.29. The van der Waals surface area contributed by atoms with Crippen molar-refractivity contribution in [3.8, 4) is 11.5 Å². The summed E-state index contributed by atoms with van der Waals surface area (Å²) in [7, 11) is 0. The molecule has 3 rings (SSSR count). The van der Waals surface area contributed by atoms with E-state index >= 15 is 0 Å². The maximum absolute atomic E-state index is 12.6. The molecule has 0 radical (unpaired) electrons. The second kappa shape index (κ2) is 9.27. The van der Waals surface area contributed by atoms with Crippen molar-refractivity contribution in [2.45, 2.75) is 32.9 Å². The van der Waals surface area contributed by atoms with Gasteiger partial charge in [-0.25, -0.2) is 0 Å². The van der Waals surface area contributed by atoms with Crippen molar-refractivity contribution in [3.05, 3.63) is 23.3 Å². The molecule has 0 aromatic heterocycles. The molecule has 6 nitrogen and oxygen atoms in total. The van der Waals surface area contributed by atoms with E-state index in [1.54, 1.807) is 0 Å². The molecule has 1 aromatic carbocycles. The van der Waals surface area contributed by atoms with E-state index in [9.17, 15) is 4.79 Å². The molecule has 25 heavy (non-hydrogen) atoms. The van der Waals surface area contributed by atoms with E-state index in [2.05, 4.69) is 11.4 Å². The van der Waals surface area contributed by atoms with Gasteiger partial charge in [0.1, 0.15) is 6.10 Å². The van der Waals surface area contributed by atoms with E-state index in [0.717, 1.165) is 30.0 Å². The van der Waals surface area contributed by atoms with Crippen LogP contribution in [0.2, 0.25) is 0 Å². The van der Waals surface area contributed by atoms with Gasteiger partial charge in [0.15, 0.2) is 11.5 Å². The van der Waals surface area contributed by atoms with Gasteiger partial charge in [-0.15, -0.1) is 12.4 Å². The topological polar surface area (TPSA) is 60.0 Å². The number of nitrogens with zero attached hydrogens (tertiary/aromatic N) is 1. The lowest BCUT2D eigenvalue weighted by atomic mass is 9.98. The van der Waals surface area contributed by atoms with Crippen molar-refractivity contribution in [2.75, 3.05) is 39.5 Å². The Morgan fingerprint density at radius 1 is 1.24 bits per heavy atom. The minimum atomic E-state index is -0.366. The fourth-order valence-electron chi connectivity index (χ4n) is 3.22. The van der Waals surface area contributed by atoms with Crippen LogP contribution in [0.5, 0.6) is 11.5 Å². The quantitative estimate of drug-likeness (QED) is 0.856. The number of nitrogens with one attached hydrogen (secondary N) is 1. The molecule has 0 saturated carbocycles. The third-order valence-corrected chi connectivity index (χ3v) is 4.39. The molecule has 0 spiro atoms. The standard InChI is InChI=1S/C18H26N2O4.ClH/c1-3-22-15-9-13-5-7-20(12-14(13)10-16(15)23-4-2)18(21)17-11-19-6-8-24-17;/h9-10,17,19H,3-8,11-12H2,1-2H3;1H. The Balaban J connectivity index is 0.00000225. The highest BCUT2D eigenvalue weighted by atomic mass is 35.5. The molecule has 1 aromatic rings. The lowest BCUT2D eigenvalue weighted by Crippen LogP contribution is -2.50. The largest absolute Gasteiger partial charge is 0.490 e. The average Bonchev–Trinajstić information content (AvgIpc) is 2.62. The number of carbonyl (C=O) groups is 1. The molecule has 1 saturated heterocycles. The fourth-order valence-corrected chi connectivity index (χ4v) is 3.22. The predicted octanol–water partition coefficient (Wildman–Crippen LogP) is 1.78. The zero-order valence-electron chi connectivity index (χ0n) is 14.9. The number of ether oxygens (including phenoxy) is 3. The minimum absolute atomic E-state index is 0. The molecule has 1 unspecified atom stereocenters. The van der Waals surface area contributed by atoms with E-state index in [4.69, 9.17) is 14.2 Å². The fraction of sp³-hybridized carbons (Fsp3) is 0.611. The van der Waals surface area contributed by atoms with E-state index in [-0.39, 0.29) is 24.4 Å². The minimum Gasteiger partial charge on any atom is -0.490 e. The summed E-state index contributed by atoms with van der Waals surface area (Å²) in [5.74, 6) is 1.61. The van der Waals surface area contributed by atoms with Crippen LogP contribution in [0.25, 0.3) is 0 Å². The van der Waals surface area contributed by atoms with Crippen LogP contribution < -0.4 is 14.8 Å². The molecular formula is C18H27ClN2O4.